The van der Waals surface area contributed by atoms with Crippen molar-refractivity contribution in [2.24, 2.45) is 0 Å². The highest BCUT2D eigenvalue weighted by Crippen LogP contribution is 2.27. The van der Waals surface area contributed by atoms with Crippen molar-refractivity contribution in [2.45, 2.75) is 58.7 Å². The van der Waals surface area contributed by atoms with Gasteiger partial charge in [-0.1, -0.05) is 0 Å². The zero-order chi connectivity index (χ0) is 13.3. The molecule has 0 aromatic carbocycles. The van der Waals surface area contributed by atoms with Crippen LogP contribution in [0.4, 0.5) is 0 Å². The minimum absolute atomic E-state index is 0.362. The molecule has 0 spiro atoms. The molecule has 0 radical (unpaired) electrons. The average Bonchev–Trinajstić information content (AvgIpc) is 2.21. The van der Waals surface area contributed by atoms with Crippen molar-refractivity contribution >= 4 is 0 Å². The van der Waals surface area contributed by atoms with Crippen LogP contribution in [-0.2, 0) is 4.74 Å². The number of pyridine rings is 1. The second-order valence-corrected chi connectivity index (χ2v) is 5.49. The first-order valence-corrected chi connectivity index (χ1v) is 6.74. The van der Waals surface area contributed by atoms with Crippen LogP contribution in [0, 0.1) is 20.8 Å². The summed E-state index contributed by atoms with van der Waals surface area (Å²) in [5.74, 6) is 0. The zero-order valence-corrected chi connectivity index (χ0v) is 12.1. The number of aryl methyl sites for hydroxylation is 3. The van der Waals surface area contributed by atoms with Crippen molar-refractivity contribution < 1.29 is 4.74 Å². The lowest BCUT2D eigenvalue weighted by Gasteiger charge is -2.37. The minimum Gasteiger partial charge on any atom is -0.381 e. The maximum atomic E-state index is 5.31. The molecule has 1 saturated carbocycles. The Labute approximate surface area is 110 Å². The molecule has 18 heavy (non-hydrogen) atoms. The summed E-state index contributed by atoms with van der Waals surface area (Å²) in [5, 5.41) is 3.68. The summed E-state index contributed by atoms with van der Waals surface area (Å²) < 4.78 is 5.31. The smallest absolute Gasteiger partial charge is 0.0601 e. The highest BCUT2D eigenvalue weighted by Gasteiger charge is 2.30. The number of rotatable bonds is 4. The van der Waals surface area contributed by atoms with Crippen LogP contribution >= 0.6 is 0 Å². The van der Waals surface area contributed by atoms with E-state index in [0.29, 0.717) is 18.2 Å². The molecule has 1 fully saturated rings. The predicted molar refractivity (Wildman–Crippen MR) is 73.8 cm³/mol. The van der Waals surface area contributed by atoms with E-state index in [4.69, 9.17) is 4.74 Å². The molecule has 1 heterocycles. The molecule has 1 aromatic rings. The van der Waals surface area contributed by atoms with Gasteiger partial charge in [0, 0.05) is 30.6 Å². The van der Waals surface area contributed by atoms with Crippen molar-refractivity contribution in [3.63, 3.8) is 0 Å². The van der Waals surface area contributed by atoms with Crippen LogP contribution in [0.3, 0.4) is 0 Å². The number of aromatic nitrogens is 1. The first-order valence-electron chi connectivity index (χ1n) is 6.74. The van der Waals surface area contributed by atoms with Crippen LogP contribution in [0.15, 0.2) is 6.07 Å². The first-order chi connectivity index (χ1) is 8.51. The highest BCUT2D eigenvalue weighted by molar-refractivity contribution is 5.33. The third-order valence-electron chi connectivity index (χ3n) is 3.93. The number of nitrogens with one attached hydrogen (secondary N) is 1. The van der Waals surface area contributed by atoms with Crippen molar-refractivity contribution in [3.8, 4) is 0 Å². The molecule has 0 saturated heterocycles. The zero-order valence-electron chi connectivity index (χ0n) is 12.1. The Balaban J connectivity index is 2.03. The molecule has 1 atom stereocenters. The van der Waals surface area contributed by atoms with Crippen molar-refractivity contribution in [1.82, 2.24) is 10.3 Å². The molecule has 1 aliphatic carbocycles. The molecule has 100 valence electrons. The molecule has 2 rings (SSSR count). The van der Waals surface area contributed by atoms with Crippen LogP contribution in [0.25, 0.3) is 0 Å². The molecule has 3 heteroatoms. The van der Waals surface area contributed by atoms with Gasteiger partial charge in [0.15, 0.2) is 0 Å². The largest absolute Gasteiger partial charge is 0.381 e. The van der Waals surface area contributed by atoms with Crippen LogP contribution < -0.4 is 5.32 Å². The number of ether oxygens (including phenoxy) is 1. The van der Waals surface area contributed by atoms with Gasteiger partial charge in [0.05, 0.1) is 6.10 Å². The number of nitrogens with zero attached hydrogens (tertiary/aromatic N) is 1. The third-order valence-corrected chi connectivity index (χ3v) is 3.93. The lowest BCUT2D eigenvalue weighted by Crippen LogP contribution is -2.46. The van der Waals surface area contributed by atoms with Crippen molar-refractivity contribution in [3.05, 3.63) is 28.6 Å². The molecule has 0 bridgehead atoms. The van der Waals surface area contributed by atoms with Gasteiger partial charge in [-0.05, 0) is 57.7 Å². The second kappa shape index (κ2) is 5.37. The molecule has 0 aliphatic heterocycles. The van der Waals surface area contributed by atoms with Gasteiger partial charge in [0.25, 0.3) is 0 Å². The highest BCUT2D eigenvalue weighted by atomic mass is 16.5. The van der Waals surface area contributed by atoms with Gasteiger partial charge in [0.2, 0.25) is 0 Å². The van der Waals surface area contributed by atoms with Crippen LogP contribution in [0.1, 0.15) is 48.3 Å². The van der Waals surface area contributed by atoms with E-state index in [1.165, 1.54) is 11.1 Å². The fourth-order valence-corrected chi connectivity index (χ4v) is 3.02. The normalized spacial score (nSPS) is 24.7. The molecule has 3 nitrogen and oxygen atoms in total. The summed E-state index contributed by atoms with van der Waals surface area (Å²) in [6, 6.07) is 3.12. The van der Waals surface area contributed by atoms with E-state index in [0.717, 1.165) is 24.2 Å². The van der Waals surface area contributed by atoms with E-state index < -0.39 is 0 Å². The van der Waals surface area contributed by atoms with Gasteiger partial charge in [-0.15, -0.1) is 0 Å². The van der Waals surface area contributed by atoms with Crippen molar-refractivity contribution in [1.29, 1.82) is 0 Å². The number of methoxy groups -OCH3 is 1. The Bertz CT molecular complexity index is 401. The molecule has 0 amide bonds. The molecule has 1 unspecified atom stereocenters. The summed E-state index contributed by atoms with van der Waals surface area (Å²) in [4.78, 5) is 4.57. The van der Waals surface area contributed by atoms with E-state index >= 15 is 0 Å². The van der Waals surface area contributed by atoms with Crippen molar-refractivity contribution in [2.75, 3.05) is 7.11 Å². The van der Waals surface area contributed by atoms with E-state index in [1.54, 1.807) is 7.11 Å². The maximum absolute atomic E-state index is 5.31. The van der Waals surface area contributed by atoms with Gasteiger partial charge in [0.1, 0.15) is 0 Å². The van der Waals surface area contributed by atoms with Crippen LogP contribution in [0.5, 0.6) is 0 Å². The predicted octanol–water partition coefficient (Wildman–Crippen LogP) is 2.83. The minimum atomic E-state index is 0.362. The van der Waals surface area contributed by atoms with E-state index in [-0.39, 0.29) is 0 Å². The van der Waals surface area contributed by atoms with Gasteiger partial charge < -0.3 is 10.1 Å². The molecular formula is C15H24N2O. The van der Waals surface area contributed by atoms with Crippen LogP contribution in [-0.4, -0.2) is 24.2 Å². The summed E-state index contributed by atoms with van der Waals surface area (Å²) >= 11 is 0. The number of hydrogen-bond donors (Lipinski definition) is 1. The molecular weight excluding hydrogens is 224 g/mol. The Hall–Kier alpha value is -0.930. The van der Waals surface area contributed by atoms with Gasteiger partial charge >= 0.3 is 0 Å². The summed E-state index contributed by atoms with van der Waals surface area (Å²) in [6.07, 6.45) is 2.70. The lowest BCUT2D eigenvalue weighted by molar-refractivity contribution is 0.0147. The third kappa shape index (κ3) is 2.73. The summed E-state index contributed by atoms with van der Waals surface area (Å²) in [6.45, 7) is 8.56. The Morgan fingerprint density at radius 1 is 1.33 bits per heavy atom. The van der Waals surface area contributed by atoms with E-state index in [1.807, 2.05) is 0 Å². The Morgan fingerprint density at radius 2 is 2.00 bits per heavy atom. The summed E-state index contributed by atoms with van der Waals surface area (Å²) in [5.41, 5.74) is 4.93. The monoisotopic (exact) mass is 248 g/mol. The fourth-order valence-electron chi connectivity index (χ4n) is 3.02. The second-order valence-electron chi connectivity index (χ2n) is 5.49. The number of hydrogen-bond acceptors (Lipinski definition) is 3. The quantitative estimate of drug-likeness (QED) is 0.889. The van der Waals surface area contributed by atoms with E-state index in [9.17, 15) is 0 Å². The fraction of sp³-hybridized carbons (Fsp3) is 0.667. The van der Waals surface area contributed by atoms with Gasteiger partial charge in [-0.25, -0.2) is 0 Å². The van der Waals surface area contributed by atoms with E-state index in [2.05, 4.69) is 44.1 Å². The Kier molecular flexibility index (Phi) is 4.03. The summed E-state index contributed by atoms with van der Waals surface area (Å²) in [7, 11) is 1.79. The Morgan fingerprint density at radius 3 is 2.56 bits per heavy atom. The van der Waals surface area contributed by atoms with Gasteiger partial charge in [-0.3, -0.25) is 4.98 Å². The standard InChI is InChI=1S/C15H24N2O/c1-9-6-10(2)16-11(3)15(9)12(4)17-13-7-14(8-13)18-5/h6,12-14,17H,7-8H2,1-5H3. The molecule has 1 aliphatic rings. The molecule has 1 aromatic heterocycles. The lowest BCUT2D eigenvalue weighted by atomic mass is 9.87. The van der Waals surface area contributed by atoms with Gasteiger partial charge in [-0.2, -0.15) is 0 Å². The maximum Gasteiger partial charge on any atom is 0.0601 e. The van der Waals surface area contributed by atoms with Crippen LogP contribution in [0.2, 0.25) is 0 Å². The first kappa shape index (κ1) is 13.5. The average molecular weight is 248 g/mol. The topological polar surface area (TPSA) is 34.1 Å². The SMILES string of the molecule is COC1CC(NC(C)c2c(C)cc(C)nc2C)C1. The molecule has 1 N–H and O–H groups in total.